The van der Waals surface area contributed by atoms with E-state index in [1.165, 1.54) is 31.4 Å². The van der Waals surface area contributed by atoms with Gasteiger partial charge in [0.25, 0.3) is 0 Å². The van der Waals surface area contributed by atoms with E-state index < -0.39 is 11.8 Å². The molecule has 23 heavy (non-hydrogen) atoms. The summed E-state index contributed by atoms with van der Waals surface area (Å²) in [7, 11) is 1.44. The van der Waals surface area contributed by atoms with Crippen LogP contribution in [0.1, 0.15) is 10.4 Å². The van der Waals surface area contributed by atoms with E-state index in [-0.39, 0.29) is 21.8 Å². The van der Waals surface area contributed by atoms with Crippen molar-refractivity contribution >= 4 is 28.5 Å². The van der Waals surface area contributed by atoms with Gasteiger partial charge in [-0.2, -0.15) is 0 Å². The molecule has 0 amide bonds. The van der Waals surface area contributed by atoms with Gasteiger partial charge >= 0.3 is 0 Å². The van der Waals surface area contributed by atoms with Crippen LogP contribution in [0.4, 0.5) is 4.39 Å². The summed E-state index contributed by atoms with van der Waals surface area (Å²) in [6.07, 6.45) is 0. The third kappa shape index (κ3) is 2.59. The van der Waals surface area contributed by atoms with Crippen LogP contribution in [0.3, 0.4) is 0 Å². The van der Waals surface area contributed by atoms with Crippen LogP contribution >= 0.6 is 11.6 Å². The van der Waals surface area contributed by atoms with Crippen molar-refractivity contribution < 1.29 is 19.0 Å². The molecule has 3 rings (SSSR count). The number of rotatable bonds is 3. The number of aromatic carboxylic acids is 1. The molecular formula is C17H10ClFNO3-. The van der Waals surface area contributed by atoms with Gasteiger partial charge in [0.05, 0.1) is 29.4 Å². The van der Waals surface area contributed by atoms with Gasteiger partial charge in [0, 0.05) is 10.9 Å². The zero-order valence-electron chi connectivity index (χ0n) is 12.0. The maximum Gasteiger partial charge on any atom is 0.145 e. The Bertz CT molecular complexity index is 907. The van der Waals surface area contributed by atoms with Gasteiger partial charge in [-0.25, -0.2) is 9.37 Å². The van der Waals surface area contributed by atoms with E-state index in [1.807, 2.05) is 0 Å². The SMILES string of the molecule is COc1cccc2c(C(=O)[O-])cc(-c3c(F)cccc3Cl)nc12. The molecule has 0 aliphatic heterocycles. The number of ether oxygens (including phenoxy) is 1. The Labute approximate surface area is 136 Å². The number of carbonyl (C=O) groups excluding carboxylic acids is 1. The molecule has 0 N–H and O–H groups in total. The smallest absolute Gasteiger partial charge is 0.145 e. The van der Waals surface area contributed by atoms with E-state index in [4.69, 9.17) is 16.3 Å². The van der Waals surface area contributed by atoms with Gasteiger partial charge in [-0.3, -0.25) is 0 Å². The third-order valence-corrected chi connectivity index (χ3v) is 3.78. The summed E-state index contributed by atoms with van der Waals surface area (Å²) >= 11 is 6.05. The molecule has 3 aromatic rings. The number of aromatic nitrogens is 1. The molecule has 0 unspecified atom stereocenters. The number of methoxy groups -OCH3 is 1. The van der Waals surface area contributed by atoms with E-state index in [2.05, 4.69) is 4.98 Å². The second-order valence-electron chi connectivity index (χ2n) is 4.80. The summed E-state index contributed by atoms with van der Waals surface area (Å²) in [4.78, 5) is 15.8. The molecular weight excluding hydrogens is 321 g/mol. The summed E-state index contributed by atoms with van der Waals surface area (Å²) in [5, 5.41) is 11.9. The first-order chi connectivity index (χ1) is 11.0. The van der Waals surface area contributed by atoms with Gasteiger partial charge in [-0.15, -0.1) is 0 Å². The van der Waals surface area contributed by atoms with Crippen molar-refractivity contribution in [2.75, 3.05) is 7.11 Å². The van der Waals surface area contributed by atoms with Crippen LogP contribution in [0, 0.1) is 5.82 Å². The molecule has 4 nitrogen and oxygen atoms in total. The number of carboxylic acids is 1. The first-order valence-electron chi connectivity index (χ1n) is 6.66. The lowest BCUT2D eigenvalue weighted by Gasteiger charge is -2.13. The number of para-hydroxylation sites is 1. The second-order valence-corrected chi connectivity index (χ2v) is 5.20. The zero-order valence-corrected chi connectivity index (χ0v) is 12.7. The van der Waals surface area contributed by atoms with E-state index >= 15 is 0 Å². The molecule has 0 atom stereocenters. The summed E-state index contributed by atoms with van der Waals surface area (Å²) in [5.74, 6) is -1.61. The first-order valence-corrected chi connectivity index (χ1v) is 7.04. The summed E-state index contributed by atoms with van der Waals surface area (Å²) in [6.45, 7) is 0. The quantitative estimate of drug-likeness (QED) is 0.740. The lowest BCUT2D eigenvalue weighted by Crippen LogP contribution is -2.22. The number of hydrogen-bond acceptors (Lipinski definition) is 4. The van der Waals surface area contributed by atoms with Crippen LogP contribution in [0.2, 0.25) is 5.02 Å². The molecule has 2 aromatic carbocycles. The van der Waals surface area contributed by atoms with Crippen molar-refractivity contribution in [1.82, 2.24) is 4.98 Å². The second kappa shape index (κ2) is 5.85. The van der Waals surface area contributed by atoms with Crippen molar-refractivity contribution in [1.29, 1.82) is 0 Å². The molecule has 1 heterocycles. The molecule has 0 saturated carbocycles. The summed E-state index contributed by atoms with van der Waals surface area (Å²) in [5.41, 5.74) is 0.322. The van der Waals surface area contributed by atoms with Crippen LogP contribution in [0.25, 0.3) is 22.2 Å². The average molecular weight is 331 g/mol. The Kier molecular flexibility index (Phi) is 3.88. The molecule has 1 aromatic heterocycles. The van der Waals surface area contributed by atoms with Crippen LogP contribution in [0.5, 0.6) is 5.75 Å². The topological polar surface area (TPSA) is 62.2 Å². The minimum atomic E-state index is -1.39. The van der Waals surface area contributed by atoms with Crippen LogP contribution in [-0.2, 0) is 0 Å². The van der Waals surface area contributed by atoms with E-state index in [0.29, 0.717) is 16.7 Å². The third-order valence-electron chi connectivity index (χ3n) is 3.46. The number of benzene rings is 2. The highest BCUT2D eigenvalue weighted by molar-refractivity contribution is 6.33. The number of fused-ring (bicyclic) bond motifs is 1. The Hall–Kier alpha value is -2.66. The monoisotopic (exact) mass is 330 g/mol. The van der Waals surface area contributed by atoms with Crippen molar-refractivity contribution in [3.63, 3.8) is 0 Å². The molecule has 0 aliphatic carbocycles. The lowest BCUT2D eigenvalue weighted by atomic mass is 10.0. The van der Waals surface area contributed by atoms with Gasteiger partial charge in [-0.1, -0.05) is 29.8 Å². The Morgan fingerprint density at radius 1 is 1.26 bits per heavy atom. The van der Waals surface area contributed by atoms with E-state index in [1.54, 1.807) is 18.2 Å². The highest BCUT2D eigenvalue weighted by atomic mass is 35.5. The minimum absolute atomic E-state index is 0.0319. The Morgan fingerprint density at radius 3 is 2.65 bits per heavy atom. The number of pyridine rings is 1. The van der Waals surface area contributed by atoms with E-state index in [9.17, 15) is 14.3 Å². The normalized spacial score (nSPS) is 10.7. The zero-order chi connectivity index (χ0) is 16.6. The maximum atomic E-state index is 14.1. The predicted octanol–water partition coefficient (Wildman–Crippen LogP) is 3.07. The largest absolute Gasteiger partial charge is 0.545 e. The maximum absolute atomic E-state index is 14.1. The number of nitrogens with zero attached hydrogens (tertiary/aromatic N) is 1. The van der Waals surface area contributed by atoms with Gasteiger partial charge in [0.1, 0.15) is 17.1 Å². The number of carboxylic acid groups (broad SMARTS) is 1. The molecule has 0 fully saturated rings. The van der Waals surface area contributed by atoms with Crippen molar-refractivity contribution in [3.05, 3.63) is 58.9 Å². The Morgan fingerprint density at radius 2 is 2.00 bits per heavy atom. The molecule has 0 bridgehead atoms. The molecule has 116 valence electrons. The lowest BCUT2D eigenvalue weighted by molar-refractivity contribution is -0.254. The number of hydrogen-bond donors (Lipinski definition) is 0. The van der Waals surface area contributed by atoms with Crippen LogP contribution in [-0.4, -0.2) is 18.1 Å². The fourth-order valence-electron chi connectivity index (χ4n) is 2.43. The number of carbonyl (C=O) groups is 1. The predicted molar refractivity (Wildman–Crippen MR) is 83.0 cm³/mol. The fourth-order valence-corrected chi connectivity index (χ4v) is 2.69. The number of halogens is 2. The van der Waals surface area contributed by atoms with Crippen molar-refractivity contribution in [2.24, 2.45) is 0 Å². The van der Waals surface area contributed by atoms with Gasteiger partial charge in [0.15, 0.2) is 0 Å². The van der Waals surface area contributed by atoms with Crippen molar-refractivity contribution in [2.45, 2.75) is 0 Å². The molecule has 0 radical (unpaired) electrons. The van der Waals surface area contributed by atoms with Crippen molar-refractivity contribution in [3.8, 4) is 17.0 Å². The summed E-state index contributed by atoms with van der Waals surface area (Å²) in [6, 6.07) is 10.3. The average Bonchev–Trinajstić information content (AvgIpc) is 2.53. The fraction of sp³-hybridized carbons (Fsp3) is 0.0588. The van der Waals surface area contributed by atoms with Gasteiger partial charge in [-0.05, 0) is 24.3 Å². The van der Waals surface area contributed by atoms with E-state index in [0.717, 1.165) is 0 Å². The highest BCUT2D eigenvalue weighted by Crippen LogP contribution is 2.34. The molecule has 0 aliphatic rings. The van der Waals surface area contributed by atoms with Crippen LogP contribution in [0.15, 0.2) is 42.5 Å². The van der Waals surface area contributed by atoms with Crippen LogP contribution < -0.4 is 9.84 Å². The minimum Gasteiger partial charge on any atom is -0.545 e. The summed E-state index contributed by atoms with van der Waals surface area (Å²) < 4.78 is 19.3. The highest BCUT2D eigenvalue weighted by Gasteiger charge is 2.16. The standard InChI is InChI=1S/C17H11ClFNO3/c1-23-14-7-2-4-9-10(17(21)22)8-13(20-16(9)14)15-11(18)5-3-6-12(15)19/h2-8H,1H3,(H,21,22)/p-1. The van der Waals surface area contributed by atoms with Gasteiger partial charge in [0.2, 0.25) is 0 Å². The molecule has 6 heteroatoms. The first kappa shape index (κ1) is 15.2. The van der Waals surface area contributed by atoms with Gasteiger partial charge < -0.3 is 14.6 Å². The molecule has 0 spiro atoms. The molecule has 0 saturated heterocycles. The Balaban J connectivity index is 2.41.